The van der Waals surface area contributed by atoms with Gasteiger partial charge < -0.3 is 10.6 Å². The Labute approximate surface area is 86.5 Å². The van der Waals surface area contributed by atoms with Gasteiger partial charge in [0.1, 0.15) is 11.6 Å². The van der Waals surface area contributed by atoms with Crippen LogP contribution in [0.5, 0.6) is 0 Å². The maximum absolute atomic E-state index is 13.3. The Kier molecular flexibility index (Phi) is 3.74. The topological polar surface area (TPSA) is 46.3 Å². The summed E-state index contributed by atoms with van der Waals surface area (Å²) >= 11 is 0. The molecule has 0 bridgehead atoms. The van der Waals surface area contributed by atoms with Crippen LogP contribution >= 0.6 is 0 Å². The smallest absolute Gasteiger partial charge is 0.223 e. The van der Waals surface area contributed by atoms with E-state index in [-0.39, 0.29) is 24.7 Å². The SMILES string of the molecule is CC(=O)N(CCN)c1ccc(F)cc1F. The maximum atomic E-state index is 13.3. The number of anilines is 1. The number of nitrogens with zero attached hydrogens (tertiary/aromatic N) is 1. The predicted octanol–water partition coefficient (Wildman–Crippen LogP) is 1.28. The van der Waals surface area contributed by atoms with Crippen molar-refractivity contribution in [1.82, 2.24) is 0 Å². The summed E-state index contributed by atoms with van der Waals surface area (Å²) in [5.41, 5.74) is 5.34. The molecule has 0 unspecified atom stereocenters. The number of nitrogens with two attached hydrogens (primary N) is 1. The van der Waals surface area contributed by atoms with Crippen LogP contribution in [0.25, 0.3) is 0 Å². The maximum Gasteiger partial charge on any atom is 0.223 e. The molecule has 0 fully saturated rings. The molecule has 0 radical (unpaired) electrons. The van der Waals surface area contributed by atoms with E-state index in [0.717, 1.165) is 12.1 Å². The van der Waals surface area contributed by atoms with E-state index < -0.39 is 11.6 Å². The monoisotopic (exact) mass is 214 g/mol. The van der Waals surface area contributed by atoms with Crippen LogP contribution in [0.4, 0.5) is 14.5 Å². The normalized spacial score (nSPS) is 10.1. The Morgan fingerprint density at radius 2 is 2.13 bits per heavy atom. The minimum atomic E-state index is -0.765. The second-order valence-corrected chi connectivity index (χ2v) is 3.06. The highest BCUT2D eigenvalue weighted by Gasteiger charge is 2.15. The van der Waals surface area contributed by atoms with Crippen molar-refractivity contribution in [3.05, 3.63) is 29.8 Å². The summed E-state index contributed by atoms with van der Waals surface area (Å²) in [4.78, 5) is 12.4. The molecule has 1 rings (SSSR count). The summed E-state index contributed by atoms with van der Waals surface area (Å²) in [5.74, 6) is -1.77. The fourth-order valence-corrected chi connectivity index (χ4v) is 1.28. The molecule has 0 aromatic heterocycles. The van der Waals surface area contributed by atoms with Gasteiger partial charge in [-0.2, -0.15) is 0 Å². The van der Waals surface area contributed by atoms with Gasteiger partial charge in [-0.1, -0.05) is 0 Å². The van der Waals surface area contributed by atoms with Crippen LogP contribution in [0.15, 0.2) is 18.2 Å². The molecule has 1 amide bonds. The van der Waals surface area contributed by atoms with Gasteiger partial charge >= 0.3 is 0 Å². The highest BCUT2D eigenvalue weighted by molar-refractivity contribution is 5.91. The van der Waals surface area contributed by atoms with E-state index in [0.29, 0.717) is 0 Å². The van der Waals surface area contributed by atoms with Crippen LogP contribution in [0.2, 0.25) is 0 Å². The number of halogens is 2. The summed E-state index contributed by atoms with van der Waals surface area (Å²) in [6.07, 6.45) is 0. The van der Waals surface area contributed by atoms with Gasteiger partial charge in [0.05, 0.1) is 5.69 Å². The first-order valence-electron chi connectivity index (χ1n) is 4.49. The molecule has 2 N–H and O–H groups in total. The van der Waals surface area contributed by atoms with Crippen LogP contribution in [0.3, 0.4) is 0 Å². The van der Waals surface area contributed by atoms with Crippen LogP contribution in [-0.4, -0.2) is 19.0 Å². The first-order valence-corrected chi connectivity index (χ1v) is 4.49. The molecule has 0 atom stereocenters. The summed E-state index contributed by atoms with van der Waals surface area (Å²) in [5, 5.41) is 0. The molecule has 0 aliphatic heterocycles. The van der Waals surface area contributed by atoms with Gasteiger partial charge in [-0.15, -0.1) is 0 Å². The third-order valence-corrected chi connectivity index (χ3v) is 1.93. The zero-order valence-corrected chi connectivity index (χ0v) is 8.34. The molecule has 5 heteroatoms. The van der Waals surface area contributed by atoms with Crippen LogP contribution in [-0.2, 0) is 4.79 Å². The van der Waals surface area contributed by atoms with E-state index >= 15 is 0 Å². The Morgan fingerprint density at radius 3 is 2.60 bits per heavy atom. The lowest BCUT2D eigenvalue weighted by atomic mass is 10.2. The van der Waals surface area contributed by atoms with Crippen molar-refractivity contribution in [1.29, 1.82) is 0 Å². The van der Waals surface area contributed by atoms with Crippen molar-refractivity contribution >= 4 is 11.6 Å². The van der Waals surface area contributed by atoms with Crippen molar-refractivity contribution < 1.29 is 13.6 Å². The van der Waals surface area contributed by atoms with Gasteiger partial charge in [-0.25, -0.2) is 8.78 Å². The fourth-order valence-electron chi connectivity index (χ4n) is 1.28. The minimum absolute atomic E-state index is 0.0503. The van der Waals surface area contributed by atoms with Gasteiger partial charge in [0.2, 0.25) is 5.91 Å². The summed E-state index contributed by atoms with van der Waals surface area (Å²) in [7, 11) is 0. The van der Waals surface area contributed by atoms with Gasteiger partial charge in [0.15, 0.2) is 0 Å². The highest BCUT2D eigenvalue weighted by Crippen LogP contribution is 2.19. The molecular formula is C10H12F2N2O. The molecule has 15 heavy (non-hydrogen) atoms. The molecule has 82 valence electrons. The number of carbonyl (C=O) groups is 1. The molecule has 0 aliphatic rings. The van der Waals surface area contributed by atoms with Crippen molar-refractivity contribution in [2.45, 2.75) is 6.92 Å². The number of carbonyl (C=O) groups excluding carboxylic acids is 1. The van der Waals surface area contributed by atoms with E-state index in [1.54, 1.807) is 0 Å². The molecule has 0 aliphatic carbocycles. The van der Waals surface area contributed by atoms with Gasteiger partial charge in [-0.3, -0.25) is 4.79 Å². The second-order valence-electron chi connectivity index (χ2n) is 3.06. The number of rotatable bonds is 3. The molecule has 1 aromatic rings. The molecule has 0 saturated heterocycles. The van der Waals surface area contributed by atoms with Crippen molar-refractivity contribution in [3.63, 3.8) is 0 Å². The van der Waals surface area contributed by atoms with Crippen LogP contribution in [0, 0.1) is 11.6 Å². The third-order valence-electron chi connectivity index (χ3n) is 1.93. The minimum Gasteiger partial charge on any atom is -0.329 e. The lowest BCUT2D eigenvalue weighted by Gasteiger charge is -2.20. The van der Waals surface area contributed by atoms with Crippen molar-refractivity contribution in [3.8, 4) is 0 Å². The van der Waals surface area contributed by atoms with E-state index in [9.17, 15) is 13.6 Å². The molecule has 0 spiro atoms. The van der Waals surface area contributed by atoms with E-state index in [1.807, 2.05) is 0 Å². The third kappa shape index (κ3) is 2.73. The number of benzene rings is 1. The Balaban J connectivity index is 3.05. The lowest BCUT2D eigenvalue weighted by molar-refractivity contribution is -0.116. The summed E-state index contributed by atoms with van der Waals surface area (Å²) in [6.45, 7) is 1.73. The Hall–Kier alpha value is -1.49. The van der Waals surface area contributed by atoms with E-state index in [4.69, 9.17) is 5.73 Å². The lowest BCUT2D eigenvalue weighted by Crippen LogP contribution is -2.34. The zero-order chi connectivity index (χ0) is 11.4. The largest absolute Gasteiger partial charge is 0.329 e. The average Bonchev–Trinajstić information content (AvgIpc) is 2.15. The summed E-state index contributed by atoms with van der Waals surface area (Å²) in [6, 6.07) is 3.06. The molecule has 0 saturated carbocycles. The number of hydrogen-bond acceptors (Lipinski definition) is 2. The highest BCUT2D eigenvalue weighted by atomic mass is 19.1. The van der Waals surface area contributed by atoms with E-state index in [1.165, 1.54) is 17.9 Å². The standard InChI is InChI=1S/C10H12F2N2O/c1-7(15)14(5-4-13)10-3-2-8(11)6-9(10)12/h2-3,6H,4-5,13H2,1H3. The van der Waals surface area contributed by atoms with Gasteiger partial charge in [0, 0.05) is 26.1 Å². The van der Waals surface area contributed by atoms with E-state index in [2.05, 4.69) is 0 Å². The quantitative estimate of drug-likeness (QED) is 0.823. The first-order chi connectivity index (χ1) is 7.06. The molecular weight excluding hydrogens is 202 g/mol. The first kappa shape index (κ1) is 11.6. The molecule has 0 heterocycles. The Bertz CT molecular complexity index is 368. The van der Waals surface area contributed by atoms with Gasteiger partial charge in [-0.05, 0) is 12.1 Å². The van der Waals surface area contributed by atoms with Crippen LogP contribution < -0.4 is 10.6 Å². The van der Waals surface area contributed by atoms with Crippen LogP contribution in [0.1, 0.15) is 6.92 Å². The zero-order valence-electron chi connectivity index (χ0n) is 8.34. The fraction of sp³-hybridized carbons (Fsp3) is 0.300. The molecule has 1 aromatic carbocycles. The predicted molar refractivity (Wildman–Crippen MR) is 53.4 cm³/mol. The summed E-state index contributed by atoms with van der Waals surface area (Å²) < 4.78 is 25.9. The second kappa shape index (κ2) is 4.84. The van der Waals surface area contributed by atoms with Gasteiger partial charge in [0.25, 0.3) is 0 Å². The van der Waals surface area contributed by atoms with Crippen molar-refractivity contribution in [2.24, 2.45) is 5.73 Å². The molecule has 3 nitrogen and oxygen atoms in total. The number of hydrogen-bond donors (Lipinski definition) is 1. The Morgan fingerprint density at radius 1 is 1.47 bits per heavy atom. The van der Waals surface area contributed by atoms with Crippen molar-refractivity contribution in [2.75, 3.05) is 18.0 Å². The average molecular weight is 214 g/mol. The number of amides is 1.